The lowest BCUT2D eigenvalue weighted by atomic mass is 10.2. The lowest BCUT2D eigenvalue weighted by molar-refractivity contribution is 0.0594. The molecule has 0 radical (unpaired) electrons. The topological polar surface area (TPSA) is 55.0 Å². The van der Waals surface area contributed by atoms with E-state index in [1.54, 1.807) is 6.07 Å². The van der Waals surface area contributed by atoms with Crippen LogP contribution in [0.2, 0.25) is 0 Å². The molecule has 0 fully saturated rings. The van der Waals surface area contributed by atoms with Gasteiger partial charge in [0.2, 0.25) is 0 Å². The van der Waals surface area contributed by atoms with E-state index in [2.05, 4.69) is 14.7 Å². The van der Waals surface area contributed by atoms with E-state index in [4.69, 9.17) is 0 Å². The highest BCUT2D eigenvalue weighted by molar-refractivity contribution is 5.90. The number of pyridine rings is 1. The number of nitrogens with one attached hydrogen (secondary N) is 1. The van der Waals surface area contributed by atoms with Gasteiger partial charge < -0.3 is 9.72 Å². The van der Waals surface area contributed by atoms with Crippen molar-refractivity contribution in [1.82, 2.24) is 9.97 Å². The number of esters is 1. The van der Waals surface area contributed by atoms with E-state index in [1.165, 1.54) is 7.11 Å². The quantitative estimate of drug-likeness (QED) is 0.696. The number of fused-ring (bicyclic) bond motifs is 1. The maximum absolute atomic E-state index is 11.2. The SMILES string of the molecule is COC(=O)c1ccc2c(C)c[nH]c2n1. The highest BCUT2D eigenvalue weighted by Gasteiger charge is 2.08. The Morgan fingerprint density at radius 3 is 3.00 bits per heavy atom. The zero-order valence-corrected chi connectivity index (χ0v) is 8.00. The van der Waals surface area contributed by atoms with Crippen LogP contribution in [0.5, 0.6) is 0 Å². The van der Waals surface area contributed by atoms with Crippen LogP contribution in [0.15, 0.2) is 18.3 Å². The van der Waals surface area contributed by atoms with E-state index < -0.39 is 5.97 Å². The Labute approximate surface area is 80.9 Å². The fourth-order valence-electron chi connectivity index (χ4n) is 1.36. The molecule has 0 atom stereocenters. The van der Waals surface area contributed by atoms with Crippen molar-refractivity contribution in [3.8, 4) is 0 Å². The second-order valence-corrected chi connectivity index (χ2v) is 3.06. The van der Waals surface area contributed by atoms with Crippen LogP contribution in [-0.2, 0) is 4.74 Å². The maximum atomic E-state index is 11.2. The second-order valence-electron chi connectivity index (χ2n) is 3.06. The normalized spacial score (nSPS) is 10.4. The van der Waals surface area contributed by atoms with Crippen LogP contribution in [0, 0.1) is 6.92 Å². The molecule has 4 nitrogen and oxygen atoms in total. The summed E-state index contributed by atoms with van der Waals surface area (Å²) in [6, 6.07) is 3.52. The zero-order chi connectivity index (χ0) is 10.1. The summed E-state index contributed by atoms with van der Waals surface area (Å²) in [7, 11) is 1.34. The molecule has 0 aliphatic heterocycles. The molecule has 0 saturated heterocycles. The fourth-order valence-corrected chi connectivity index (χ4v) is 1.36. The third kappa shape index (κ3) is 1.25. The summed E-state index contributed by atoms with van der Waals surface area (Å²) < 4.78 is 4.58. The van der Waals surface area contributed by atoms with Crippen LogP contribution in [0.25, 0.3) is 11.0 Å². The molecule has 0 spiro atoms. The molecule has 0 aromatic carbocycles. The van der Waals surface area contributed by atoms with Crippen molar-refractivity contribution in [3.05, 3.63) is 29.6 Å². The van der Waals surface area contributed by atoms with E-state index in [0.717, 1.165) is 10.9 Å². The molecule has 1 N–H and O–H groups in total. The molecular weight excluding hydrogens is 180 g/mol. The molecule has 0 unspecified atom stereocenters. The highest BCUT2D eigenvalue weighted by Crippen LogP contribution is 2.15. The Bertz CT molecular complexity index is 488. The van der Waals surface area contributed by atoms with Gasteiger partial charge in [-0.1, -0.05) is 0 Å². The van der Waals surface area contributed by atoms with Gasteiger partial charge in [-0.05, 0) is 24.6 Å². The number of nitrogens with zero attached hydrogens (tertiary/aromatic N) is 1. The number of H-pyrrole nitrogens is 1. The molecule has 2 rings (SSSR count). The van der Waals surface area contributed by atoms with Crippen LogP contribution in [0.1, 0.15) is 16.1 Å². The monoisotopic (exact) mass is 190 g/mol. The second kappa shape index (κ2) is 3.14. The first-order chi connectivity index (χ1) is 6.72. The number of aromatic amines is 1. The summed E-state index contributed by atoms with van der Waals surface area (Å²) in [5.41, 5.74) is 2.15. The van der Waals surface area contributed by atoms with Gasteiger partial charge in [-0.25, -0.2) is 9.78 Å². The standard InChI is InChI=1S/C10H10N2O2/c1-6-5-11-9-7(6)3-4-8(12-9)10(13)14-2/h3-5H,1-2H3,(H,11,12). The first-order valence-electron chi connectivity index (χ1n) is 4.25. The molecule has 2 aromatic heterocycles. The molecule has 2 aromatic rings. The summed E-state index contributed by atoms with van der Waals surface area (Å²) in [5, 5.41) is 1.03. The highest BCUT2D eigenvalue weighted by atomic mass is 16.5. The molecule has 0 bridgehead atoms. The van der Waals surface area contributed by atoms with Crippen LogP contribution in [-0.4, -0.2) is 23.0 Å². The van der Waals surface area contributed by atoms with Crippen molar-refractivity contribution in [2.75, 3.05) is 7.11 Å². The number of aryl methyl sites for hydroxylation is 1. The van der Waals surface area contributed by atoms with E-state index in [9.17, 15) is 4.79 Å². The molecule has 14 heavy (non-hydrogen) atoms. The van der Waals surface area contributed by atoms with E-state index in [1.807, 2.05) is 19.2 Å². The van der Waals surface area contributed by atoms with Crippen LogP contribution < -0.4 is 0 Å². The van der Waals surface area contributed by atoms with Gasteiger partial charge in [0.1, 0.15) is 5.65 Å². The van der Waals surface area contributed by atoms with Crippen molar-refractivity contribution in [2.24, 2.45) is 0 Å². The first-order valence-corrected chi connectivity index (χ1v) is 4.25. The van der Waals surface area contributed by atoms with Crippen LogP contribution >= 0.6 is 0 Å². The summed E-state index contributed by atoms with van der Waals surface area (Å²) in [5.74, 6) is -0.417. The van der Waals surface area contributed by atoms with Crippen LogP contribution in [0.4, 0.5) is 0 Å². The van der Waals surface area contributed by atoms with Gasteiger partial charge in [-0.2, -0.15) is 0 Å². The van der Waals surface area contributed by atoms with Gasteiger partial charge >= 0.3 is 5.97 Å². The van der Waals surface area contributed by atoms with Gasteiger partial charge in [0, 0.05) is 11.6 Å². The molecule has 72 valence electrons. The third-order valence-corrected chi connectivity index (χ3v) is 2.14. The van der Waals surface area contributed by atoms with Gasteiger partial charge in [-0.3, -0.25) is 0 Å². The summed E-state index contributed by atoms with van der Waals surface area (Å²) >= 11 is 0. The van der Waals surface area contributed by atoms with Gasteiger partial charge in [-0.15, -0.1) is 0 Å². The summed E-state index contributed by atoms with van der Waals surface area (Å²) in [4.78, 5) is 18.3. The lowest BCUT2D eigenvalue weighted by Gasteiger charge is -1.97. The predicted octanol–water partition coefficient (Wildman–Crippen LogP) is 1.66. The number of carbonyl (C=O) groups is 1. The first kappa shape index (κ1) is 8.74. The average molecular weight is 190 g/mol. The number of aromatic nitrogens is 2. The maximum Gasteiger partial charge on any atom is 0.356 e. The molecule has 0 amide bonds. The Balaban J connectivity index is 2.57. The van der Waals surface area contributed by atoms with E-state index >= 15 is 0 Å². The Morgan fingerprint density at radius 1 is 1.50 bits per heavy atom. The van der Waals surface area contributed by atoms with E-state index in [-0.39, 0.29) is 0 Å². The number of hydrogen-bond donors (Lipinski definition) is 1. The van der Waals surface area contributed by atoms with Crippen molar-refractivity contribution in [1.29, 1.82) is 0 Å². The van der Waals surface area contributed by atoms with Crippen LogP contribution in [0.3, 0.4) is 0 Å². The third-order valence-electron chi connectivity index (χ3n) is 2.14. The molecule has 0 aliphatic carbocycles. The van der Waals surface area contributed by atoms with Crippen molar-refractivity contribution < 1.29 is 9.53 Å². The van der Waals surface area contributed by atoms with Crippen molar-refractivity contribution >= 4 is 17.0 Å². The lowest BCUT2D eigenvalue weighted by Crippen LogP contribution is -2.03. The number of rotatable bonds is 1. The van der Waals surface area contributed by atoms with Gasteiger partial charge in [0.15, 0.2) is 5.69 Å². The smallest absolute Gasteiger partial charge is 0.356 e. The van der Waals surface area contributed by atoms with Gasteiger partial charge in [0.25, 0.3) is 0 Å². The van der Waals surface area contributed by atoms with Gasteiger partial charge in [0.05, 0.1) is 7.11 Å². The minimum absolute atomic E-state index is 0.321. The minimum Gasteiger partial charge on any atom is -0.464 e. The van der Waals surface area contributed by atoms with Crippen molar-refractivity contribution in [2.45, 2.75) is 6.92 Å². The Kier molecular flexibility index (Phi) is 1.96. The minimum atomic E-state index is -0.417. The molecular formula is C10H10N2O2. The molecule has 2 heterocycles. The molecule has 0 saturated carbocycles. The van der Waals surface area contributed by atoms with E-state index in [0.29, 0.717) is 11.3 Å². The Morgan fingerprint density at radius 2 is 2.29 bits per heavy atom. The molecule has 0 aliphatic rings. The summed E-state index contributed by atoms with van der Waals surface area (Å²) in [6.45, 7) is 1.98. The fraction of sp³-hybridized carbons (Fsp3) is 0.200. The number of methoxy groups -OCH3 is 1. The Hall–Kier alpha value is -1.84. The number of carbonyl (C=O) groups excluding carboxylic acids is 1. The number of ether oxygens (including phenoxy) is 1. The summed E-state index contributed by atoms with van der Waals surface area (Å²) in [6.07, 6.45) is 1.86. The largest absolute Gasteiger partial charge is 0.464 e. The zero-order valence-electron chi connectivity index (χ0n) is 8.00. The van der Waals surface area contributed by atoms with Crippen molar-refractivity contribution in [3.63, 3.8) is 0 Å². The average Bonchev–Trinajstić information content (AvgIpc) is 2.59. The molecule has 4 heteroatoms. The number of hydrogen-bond acceptors (Lipinski definition) is 3. The predicted molar refractivity (Wildman–Crippen MR) is 52.2 cm³/mol.